The molecule has 2 aliphatic heterocycles. The minimum atomic E-state index is -4.45. The highest BCUT2D eigenvalue weighted by atomic mass is 19.4. The fourth-order valence-corrected chi connectivity index (χ4v) is 8.01. The zero-order chi connectivity index (χ0) is 28.7. The van der Waals surface area contributed by atoms with E-state index in [0.717, 1.165) is 44.9 Å². The van der Waals surface area contributed by atoms with Crippen LogP contribution in [0.15, 0.2) is 9.32 Å². The van der Waals surface area contributed by atoms with Gasteiger partial charge >= 0.3 is 11.9 Å². The molecule has 5 fully saturated rings. The normalized spacial score (nSPS) is 30.6. The highest BCUT2D eigenvalue weighted by Crippen LogP contribution is 2.64. The van der Waals surface area contributed by atoms with Crippen LogP contribution in [0.4, 0.5) is 24.9 Å². The first kappa shape index (κ1) is 26.3. The maximum atomic E-state index is 14.7. The predicted molar refractivity (Wildman–Crippen MR) is 145 cm³/mol. The minimum Gasteiger partial charge on any atom is -0.365 e. The summed E-state index contributed by atoms with van der Waals surface area (Å²) < 4.78 is 50.2. The standard InChI is InChI=1S/C28H33F3N8O2/c1-4-38-19-21(32-15(3)16-8-6-9-16)33-23(24-36-26(40)41-37-24)34-22(19)35-25(38)39-20(28(29,30)31)17-12-27(39,13-17)18-10-5-7-14(2)11-18/h1,14-18,20H,5-13H2,2-3H3,(H,32,33,34)(H,36,37,40)/t14-,15+,17?,18?,20?,27?/m0/s1. The zero-order valence-corrected chi connectivity index (χ0v) is 23.0. The SMILES string of the molecule is C#Cn1c(N2C(C(F)(F)F)C3CC2(C2CCC[C@H](C)C2)C3)nc2nc(-c3noc(=O)[nH]3)nc(N[C@H](C)C3CCC3)c21. The maximum Gasteiger partial charge on any atom is 0.439 e. The molecule has 4 atom stereocenters. The Balaban J connectivity index is 1.40. The number of H-pyrrole nitrogens is 1. The molecule has 8 rings (SSSR count). The number of aromatic amines is 1. The summed E-state index contributed by atoms with van der Waals surface area (Å²) in [7, 11) is 0. The lowest BCUT2D eigenvalue weighted by Gasteiger charge is -2.50. The molecule has 13 heteroatoms. The van der Waals surface area contributed by atoms with Gasteiger partial charge in [-0.25, -0.2) is 19.3 Å². The van der Waals surface area contributed by atoms with Crippen LogP contribution < -0.4 is 16.0 Å². The van der Waals surface area contributed by atoms with E-state index in [-0.39, 0.29) is 35.2 Å². The van der Waals surface area contributed by atoms with Crippen molar-refractivity contribution in [2.45, 2.75) is 95.4 Å². The molecule has 0 spiro atoms. The number of alkyl halides is 3. The number of terminal acetylenes is 1. The molecule has 3 saturated carbocycles. The van der Waals surface area contributed by atoms with Crippen molar-refractivity contribution < 1.29 is 17.7 Å². The lowest BCUT2D eigenvalue weighted by Crippen LogP contribution is -2.55. The molecular weight excluding hydrogens is 537 g/mol. The molecule has 41 heavy (non-hydrogen) atoms. The van der Waals surface area contributed by atoms with Gasteiger partial charge in [-0.05, 0) is 69.1 Å². The molecule has 218 valence electrons. The number of rotatable bonds is 6. The molecule has 10 nitrogen and oxygen atoms in total. The van der Waals surface area contributed by atoms with Crippen LogP contribution in [0.2, 0.25) is 0 Å². The summed E-state index contributed by atoms with van der Waals surface area (Å²) in [5.74, 6) is 0.171. The van der Waals surface area contributed by atoms with E-state index >= 15 is 0 Å². The van der Waals surface area contributed by atoms with Crippen LogP contribution in [0.5, 0.6) is 0 Å². The van der Waals surface area contributed by atoms with Gasteiger partial charge in [0.15, 0.2) is 11.5 Å². The number of hydrogen-bond acceptors (Lipinski definition) is 8. The Morgan fingerprint density at radius 1 is 1.17 bits per heavy atom. The van der Waals surface area contributed by atoms with Crippen LogP contribution in [-0.2, 0) is 0 Å². The van der Waals surface area contributed by atoms with Crippen molar-refractivity contribution in [2.75, 3.05) is 10.2 Å². The van der Waals surface area contributed by atoms with Gasteiger partial charge in [0.1, 0.15) is 11.6 Å². The third-order valence-corrected chi connectivity index (χ3v) is 10.2. The van der Waals surface area contributed by atoms with Gasteiger partial charge in [0, 0.05) is 17.6 Å². The Morgan fingerprint density at radius 2 is 1.93 bits per heavy atom. The van der Waals surface area contributed by atoms with Crippen molar-refractivity contribution >= 4 is 22.9 Å². The number of fused-ring (bicyclic) bond motifs is 2. The third kappa shape index (κ3) is 4.04. The summed E-state index contributed by atoms with van der Waals surface area (Å²) in [6, 6.07) is 0.951. The van der Waals surface area contributed by atoms with Crippen molar-refractivity contribution in [3.8, 4) is 24.1 Å². The lowest BCUT2D eigenvalue weighted by atomic mass is 9.60. The Labute approximate surface area is 234 Å². The molecular formula is C28H33F3N8O2. The predicted octanol–water partition coefficient (Wildman–Crippen LogP) is 4.93. The average molecular weight is 571 g/mol. The number of anilines is 2. The van der Waals surface area contributed by atoms with Crippen molar-refractivity contribution in [1.82, 2.24) is 29.7 Å². The summed E-state index contributed by atoms with van der Waals surface area (Å²) >= 11 is 0. The quantitative estimate of drug-likeness (QED) is 0.401. The van der Waals surface area contributed by atoms with Gasteiger partial charge in [0.25, 0.3) is 0 Å². The van der Waals surface area contributed by atoms with Gasteiger partial charge in [-0.15, -0.1) is 0 Å². The Hall–Kier alpha value is -3.56. The Morgan fingerprint density at radius 3 is 2.54 bits per heavy atom. The number of nitrogens with zero attached hydrogens (tertiary/aromatic N) is 6. The Bertz CT molecular complexity index is 1580. The fraction of sp³-hybridized carbons (Fsp3) is 0.679. The first-order chi connectivity index (χ1) is 19.6. The van der Waals surface area contributed by atoms with Gasteiger partial charge in [0.2, 0.25) is 17.6 Å². The smallest absolute Gasteiger partial charge is 0.365 e. The molecule has 2 unspecified atom stereocenters. The van der Waals surface area contributed by atoms with Crippen molar-refractivity contribution in [2.24, 2.45) is 23.7 Å². The van der Waals surface area contributed by atoms with E-state index in [1.54, 1.807) is 0 Å². The minimum absolute atomic E-state index is 0.00249. The molecule has 5 aliphatic rings. The van der Waals surface area contributed by atoms with E-state index < -0.39 is 29.4 Å². The zero-order valence-electron chi connectivity index (χ0n) is 23.0. The number of hydrogen-bond donors (Lipinski definition) is 2. The van der Waals surface area contributed by atoms with E-state index in [9.17, 15) is 18.0 Å². The summed E-state index contributed by atoms with van der Waals surface area (Å²) in [4.78, 5) is 29.4. The van der Waals surface area contributed by atoms with E-state index in [2.05, 4.69) is 42.9 Å². The average Bonchev–Trinajstić information content (AvgIpc) is 3.60. The fourth-order valence-electron chi connectivity index (χ4n) is 8.01. The second-order valence-corrected chi connectivity index (χ2v) is 12.6. The molecule has 3 aromatic heterocycles. The van der Waals surface area contributed by atoms with E-state index in [1.165, 1.54) is 9.47 Å². The molecule has 0 amide bonds. The second kappa shape index (κ2) is 9.22. The highest BCUT2D eigenvalue weighted by Gasteiger charge is 2.71. The third-order valence-electron chi connectivity index (χ3n) is 10.2. The van der Waals surface area contributed by atoms with Crippen LogP contribution in [0.25, 0.3) is 22.8 Å². The largest absolute Gasteiger partial charge is 0.439 e. The molecule has 2 bridgehead atoms. The molecule has 2 saturated heterocycles. The maximum absolute atomic E-state index is 14.7. The van der Waals surface area contributed by atoms with Gasteiger partial charge in [-0.3, -0.25) is 9.51 Å². The monoisotopic (exact) mass is 570 g/mol. The van der Waals surface area contributed by atoms with E-state index in [4.69, 9.17) is 11.4 Å². The molecule has 0 radical (unpaired) electrons. The lowest BCUT2D eigenvalue weighted by molar-refractivity contribution is -0.152. The molecule has 3 aromatic rings. The van der Waals surface area contributed by atoms with Crippen molar-refractivity contribution in [3.63, 3.8) is 0 Å². The van der Waals surface area contributed by atoms with Gasteiger partial charge in [0.05, 0.1) is 0 Å². The topological polar surface area (TPSA) is 118 Å². The molecule has 0 aromatic carbocycles. The van der Waals surface area contributed by atoms with E-state index in [1.807, 2.05) is 6.92 Å². The van der Waals surface area contributed by atoms with Crippen LogP contribution in [0.3, 0.4) is 0 Å². The van der Waals surface area contributed by atoms with Crippen LogP contribution >= 0.6 is 0 Å². The summed E-state index contributed by atoms with van der Waals surface area (Å²) in [5.41, 5.74) is -0.191. The molecule has 2 N–H and O–H groups in total. The molecule has 5 heterocycles. The second-order valence-electron chi connectivity index (χ2n) is 12.6. The van der Waals surface area contributed by atoms with Crippen LogP contribution in [0.1, 0.15) is 71.6 Å². The summed E-state index contributed by atoms with van der Waals surface area (Å²) in [6.07, 6.45) is 9.70. The van der Waals surface area contributed by atoms with Gasteiger partial charge < -0.3 is 10.2 Å². The van der Waals surface area contributed by atoms with Gasteiger partial charge in [-0.1, -0.05) is 37.8 Å². The highest BCUT2D eigenvalue weighted by molar-refractivity contribution is 5.89. The van der Waals surface area contributed by atoms with Crippen molar-refractivity contribution in [1.29, 1.82) is 0 Å². The number of halogens is 3. The number of aromatic nitrogens is 6. The van der Waals surface area contributed by atoms with Crippen LogP contribution in [0, 0.1) is 36.1 Å². The summed E-state index contributed by atoms with van der Waals surface area (Å²) in [5, 5.41) is 7.14. The summed E-state index contributed by atoms with van der Waals surface area (Å²) in [6.45, 7) is 4.23. The van der Waals surface area contributed by atoms with Crippen LogP contribution in [-0.4, -0.2) is 53.5 Å². The first-order valence-electron chi connectivity index (χ1n) is 14.5. The van der Waals surface area contributed by atoms with Gasteiger partial charge in [-0.2, -0.15) is 18.2 Å². The molecule has 3 aliphatic carbocycles. The number of imidazole rings is 1. The Kier molecular flexibility index (Phi) is 5.93. The van der Waals surface area contributed by atoms with E-state index in [0.29, 0.717) is 36.0 Å². The first-order valence-corrected chi connectivity index (χ1v) is 14.5. The van der Waals surface area contributed by atoms with Crippen molar-refractivity contribution in [3.05, 3.63) is 10.6 Å². The number of nitrogens with one attached hydrogen (secondary N) is 2.